The highest BCUT2D eigenvalue weighted by atomic mass is 15.3. The van der Waals surface area contributed by atoms with Crippen molar-refractivity contribution in [2.45, 2.75) is 39.3 Å². The van der Waals surface area contributed by atoms with Gasteiger partial charge in [-0.2, -0.15) is 10.2 Å². The zero-order valence-electron chi connectivity index (χ0n) is 11.7. The summed E-state index contributed by atoms with van der Waals surface area (Å²) in [5, 5.41) is 8.48. The van der Waals surface area contributed by atoms with E-state index >= 15 is 0 Å². The third-order valence-electron chi connectivity index (χ3n) is 3.37. The van der Waals surface area contributed by atoms with Crippen molar-refractivity contribution in [1.82, 2.24) is 30.0 Å². The smallest absolute Gasteiger partial charge is 0.138 e. The normalized spacial score (nSPS) is 12.8. The molecule has 0 spiro atoms. The van der Waals surface area contributed by atoms with Crippen LogP contribution in [0.2, 0.25) is 0 Å². The Morgan fingerprint density at radius 1 is 1.42 bits per heavy atom. The van der Waals surface area contributed by atoms with Crippen molar-refractivity contribution in [3.8, 4) is 0 Å². The molecule has 0 bridgehead atoms. The number of nitrogens with zero attached hydrogens (tertiary/aromatic N) is 5. The van der Waals surface area contributed by atoms with Crippen molar-refractivity contribution in [3.05, 3.63) is 29.6 Å². The summed E-state index contributed by atoms with van der Waals surface area (Å²) in [6.07, 6.45) is 5.17. The van der Waals surface area contributed by atoms with Crippen molar-refractivity contribution in [1.29, 1.82) is 0 Å². The maximum atomic E-state index is 5.68. The molecule has 0 aromatic carbocycles. The van der Waals surface area contributed by atoms with Crippen molar-refractivity contribution in [2.75, 3.05) is 0 Å². The summed E-state index contributed by atoms with van der Waals surface area (Å²) in [4.78, 5) is 4.31. The molecule has 0 aliphatic carbocycles. The first-order valence-corrected chi connectivity index (χ1v) is 6.48. The van der Waals surface area contributed by atoms with E-state index in [0.717, 1.165) is 30.0 Å². The number of hydrazine groups is 1. The average Bonchev–Trinajstić information content (AvgIpc) is 2.97. The molecule has 1 atom stereocenters. The Morgan fingerprint density at radius 2 is 2.21 bits per heavy atom. The molecule has 7 nitrogen and oxygen atoms in total. The first-order chi connectivity index (χ1) is 9.17. The lowest BCUT2D eigenvalue weighted by Gasteiger charge is -2.15. The van der Waals surface area contributed by atoms with Gasteiger partial charge in [0, 0.05) is 31.3 Å². The number of hydrogen-bond donors (Lipinski definition) is 2. The fraction of sp³-hybridized carbons (Fsp3) is 0.583. The fourth-order valence-corrected chi connectivity index (χ4v) is 2.14. The second-order valence-corrected chi connectivity index (χ2v) is 4.63. The van der Waals surface area contributed by atoms with Gasteiger partial charge in [-0.3, -0.25) is 20.6 Å². The summed E-state index contributed by atoms with van der Waals surface area (Å²) >= 11 is 0. The van der Waals surface area contributed by atoms with E-state index in [-0.39, 0.29) is 6.04 Å². The number of hydrogen-bond acceptors (Lipinski definition) is 5. The van der Waals surface area contributed by atoms with Gasteiger partial charge in [0.1, 0.15) is 12.2 Å². The molecule has 0 fully saturated rings. The molecule has 19 heavy (non-hydrogen) atoms. The SMILES string of the molecule is CCCn1ncnc1CC(NN)c1cnn(C)c1C. The van der Waals surface area contributed by atoms with Crippen LogP contribution < -0.4 is 11.3 Å². The minimum atomic E-state index is -0.00601. The molecule has 2 aromatic rings. The van der Waals surface area contributed by atoms with Crippen molar-refractivity contribution >= 4 is 0 Å². The van der Waals surface area contributed by atoms with Gasteiger partial charge in [-0.1, -0.05) is 6.92 Å². The maximum absolute atomic E-state index is 5.68. The minimum Gasteiger partial charge on any atom is -0.273 e. The number of aryl methyl sites for hydroxylation is 2. The van der Waals surface area contributed by atoms with E-state index < -0.39 is 0 Å². The zero-order chi connectivity index (χ0) is 13.8. The van der Waals surface area contributed by atoms with E-state index in [1.807, 2.05) is 29.5 Å². The third kappa shape index (κ3) is 2.82. The van der Waals surface area contributed by atoms with Gasteiger partial charge in [0.2, 0.25) is 0 Å². The van der Waals surface area contributed by atoms with Gasteiger partial charge in [0.05, 0.1) is 12.2 Å². The van der Waals surface area contributed by atoms with Crippen molar-refractivity contribution in [3.63, 3.8) is 0 Å². The van der Waals surface area contributed by atoms with E-state index in [1.54, 1.807) is 6.33 Å². The van der Waals surface area contributed by atoms with Crippen LogP contribution in [0.25, 0.3) is 0 Å². The number of nitrogens with one attached hydrogen (secondary N) is 1. The van der Waals surface area contributed by atoms with Crippen LogP contribution in [-0.2, 0) is 20.0 Å². The summed E-state index contributed by atoms with van der Waals surface area (Å²) in [6.45, 7) is 5.03. The monoisotopic (exact) mass is 263 g/mol. The summed E-state index contributed by atoms with van der Waals surface area (Å²) in [5.41, 5.74) is 5.04. The molecule has 104 valence electrons. The van der Waals surface area contributed by atoms with Crippen LogP contribution in [-0.4, -0.2) is 24.5 Å². The quantitative estimate of drug-likeness (QED) is 0.584. The predicted molar refractivity (Wildman–Crippen MR) is 72.0 cm³/mol. The Labute approximate surface area is 112 Å². The maximum Gasteiger partial charge on any atom is 0.138 e. The lowest BCUT2D eigenvalue weighted by Crippen LogP contribution is -2.30. The molecule has 0 radical (unpaired) electrons. The Balaban J connectivity index is 2.19. The molecule has 3 N–H and O–H groups in total. The standard InChI is InChI=1S/C12H21N7/c1-4-5-19-12(14-8-16-19)6-11(17-13)10-7-15-18(3)9(10)2/h7-8,11,17H,4-6,13H2,1-3H3. The minimum absolute atomic E-state index is 0.00601. The Kier molecular flexibility index (Phi) is 4.28. The lowest BCUT2D eigenvalue weighted by molar-refractivity contribution is 0.497. The highest BCUT2D eigenvalue weighted by molar-refractivity contribution is 5.21. The van der Waals surface area contributed by atoms with Crippen LogP contribution in [0.5, 0.6) is 0 Å². The van der Waals surface area contributed by atoms with Gasteiger partial charge in [-0.05, 0) is 13.3 Å². The molecule has 2 rings (SSSR count). The molecule has 2 heterocycles. The average molecular weight is 263 g/mol. The van der Waals surface area contributed by atoms with Crippen molar-refractivity contribution in [2.24, 2.45) is 12.9 Å². The topological polar surface area (TPSA) is 86.6 Å². The second kappa shape index (κ2) is 5.94. The predicted octanol–water partition coefficient (Wildman–Crippen LogP) is 0.477. The van der Waals surface area contributed by atoms with Crippen molar-refractivity contribution < 1.29 is 0 Å². The Bertz CT molecular complexity index is 528. The summed E-state index contributed by atoms with van der Waals surface area (Å²) in [5.74, 6) is 6.62. The molecule has 7 heteroatoms. The first-order valence-electron chi connectivity index (χ1n) is 6.48. The molecule has 2 aromatic heterocycles. The molecule has 1 unspecified atom stereocenters. The van der Waals surface area contributed by atoms with Crippen LogP contribution >= 0.6 is 0 Å². The molecule has 0 aliphatic rings. The molecular weight excluding hydrogens is 242 g/mol. The van der Waals surface area contributed by atoms with E-state index in [1.165, 1.54) is 0 Å². The summed E-state index contributed by atoms with van der Waals surface area (Å²) < 4.78 is 3.77. The van der Waals surface area contributed by atoms with E-state index in [9.17, 15) is 0 Å². The second-order valence-electron chi connectivity index (χ2n) is 4.63. The van der Waals surface area contributed by atoms with Gasteiger partial charge < -0.3 is 0 Å². The Hall–Kier alpha value is -1.73. The molecule has 0 saturated carbocycles. The number of aromatic nitrogens is 5. The van der Waals surface area contributed by atoms with Gasteiger partial charge >= 0.3 is 0 Å². The van der Waals surface area contributed by atoms with Crippen LogP contribution in [0.1, 0.15) is 36.5 Å². The highest BCUT2D eigenvalue weighted by Gasteiger charge is 2.18. The number of nitrogens with two attached hydrogens (primary N) is 1. The lowest BCUT2D eigenvalue weighted by atomic mass is 10.1. The molecule has 0 aliphatic heterocycles. The van der Waals surface area contributed by atoms with E-state index in [4.69, 9.17) is 5.84 Å². The largest absolute Gasteiger partial charge is 0.273 e. The first kappa shape index (κ1) is 13.7. The highest BCUT2D eigenvalue weighted by Crippen LogP contribution is 2.19. The van der Waals surface area contributed by atoms with Gasteiger partial charge in [0.25, 0.3) is 0 Å². The third-order valence-corrected chi connectivity index (χ3v) is 3.37. The van der Waals surface area contributed by atoms with E-state index in [2.05, 4.69) is 27.5 Å². The molecule has 0 saturated heterocycles. The summed E-state index contributed by atoms with van der Waals surface area (Å²) in [7, 11) is 1.92. The molecular formula is C12H21N7. The Morgan fingerprint density at radius 3 is 2.79 bits per heavy atom. The zero-order valence-corrected chi connectivity index (χ0v) is 11.7. The van der Waals surface area contributed by atoms with E-state index in [0.29, 0.717) is 6.42 Å². The number of rotatable bonds is 6. The molecule has 0 amide bonds. The van der Waals surface area contributed by atoms with Crippen LogP contribution in [0.4, 0.5) is 0 Å². The summed E-state index contributed by atoms with van der Waals surface area (Å²) in [6, 6.07) is -0.00601. The van der Waals surface area contributed by atoms with Crippen LogP contribution in [0.3, 0.4) is 0 Å². The fourth-order valence-electron chi connectivity index (χ4n) is 2.14. The van der Waals surface area contributed by atoms with Gasteiger partial charge in [0.15, 0.2) is 0 Å². The van der Waals surface area contributed by atoms with Crippen LogP contribution in [0, 0.1) is 6.92 Å². The van der Waals surface area contributed by atoms with Gasteiger partial charge in [-0.15, -0.1) is 0 Å². The van der Waals surface area contributed by atoms with Crippen LogP contribution in [0.15, 0.2) is 12.5 Å². The van der Waals surface area contributed by atoms with Gasteiger partial charge in [-0.25, -0.2) is 4.98 Å².